The first-order valence-corrected chi connectivity index (χ1v) is 11.5. The third-order valence-electron chi connectivity index (χ3n) is 6.06. The largest absolute Gasteiger partial charge is 0.494 e. The van der Waals surface area contributed by atoms with E-state index in [0.29, 0.717) is 24.8 Å². The lowest BCUT2D eigenvalue weighted by Gasteiger charge is -2.32. The molecule has 3 aromatic rings. The maximum Gasteiger partial charge on any atom is 0.274 e. The van der Waals surface area contributed by atoms with E-state index in [4.69, 9.17) is 9.72 Å². The molecule has 32 heavy (non-hydrogen) atoms. The monoisotopic (exact) mass is 432 g/mol. The van der Waals surface area contributed by atoms with Gasteiger partial charge in [-0.1, -0.05) is 32.0 Å². The highest BCUT2D eigenvalue weighted by Crippen LogP contribution is 2.27. The lowest BCUT2D eigenvalue weighted by Crippen LogP contribution is -2.39. The molecule has 0 spiro atoms. The number of nitrogens with zero attached hydrogens (tertiary/aromatic N) is 3. The third kappa shape index (κ3) is 5.18. The van der Waals surface area contributed by atoms with E-state index in [0.717, 1.165) is 42.9 Å². The van der Waals surface area contributed by atoms with Gasteiger partial charge in [-0.15, -0.1) is 0 Å². The Bertz CT molecular complexity index is 1020. The Hall–Kier alpha value is -3.15. The number of hydrogen-bond acceptors (Lipinski definition) is 4. The number of nitrogens with one attached hydrogen (secondary N) is 1. The van der Waals surface area contributed by atoms with Crippen molar-refractivity contribution >= 4 is 5.91 Å². The van der Waals surface area contributed by atoms with Gasteiger partial charge in [0.05, 0.1) is 6.61 Å². The van der Waals surface area contributed by atoms with Crippen LogP contribution in [0.4, 0.5) is 0 Å². The Balaban J connectivity index is 1.38. The molecule has 1 fully saturated rings. The van der Waals surface area contributed by atoms with Gasteiger partial charge in [-0.05, 0) is 67.5 Å². The van der Waals surface area contributed by atoms with Gasteiger partial charge in [0.2, 0.25) is 0 Å². The minimum Gasteiger partial charge on any atom is -0.494 e. The van der Waals surface area contributed by atoms with Crippen LogP contribution in [0.3, 0.4) is 0 Å². The van der Waals surface area contributed by atoms with Crippen LogP contribution in [-0.2, 0) is 6.42 Å². The van der Waals surface area contributed by atoms with Gasteiger partial charge in [0, 0.05) is 36.6 Å². The van der Waals surface area contributed by atoms with Crippen molar-refractivity contribution in [2.75, 3.05) is 19.7 Å². The molecule has 0 saturated carbocycles. The summed E-state index contributed by atoms with van der Waals surface area (Å²) in [4.78, 5) is 19.6. The fraction of sp³-hybridized carbons (Fsp3) is 0.423. The molecule has 1 unspecified atom stereocenters. The maximum atomic E-state index is 12.9. The van der Waals surface area contributed by atoms with E-state index in [2.05, 4.69) is 48.3 Å². The molecular formula is C26H32N4O2. The highest BCUT2D eigenvalue weighted by Gasteiger charge is 2.27. The number of aromatic amines is 1. The van der Waals surface area contributed by atoms with Crippen LogP contribution >= 0.6 is 0 Å². The van der Waals surface area contributed by atoms with Crippen LogP contribution in [-0.4, -0.2) is 45.7 Å². The molecule has 2 aromatic heterocycles. The molecule has 1 N–H and O–H groups in total. The molecule has 0 bridgehead atoms. The molecular weight excluding hydrogens is 400 g/mol. The molecule has 1 amide bonds. The normalized spacial score (nSPS) is 16.4. The number of H-pyrrole nitrogens is 1. The number of benzene rings is 1. The first-order chi connectivity index (χ1) is 15.5. The Morgan fingerprint density at radius 2 is 1.97 bits per heavy atom. The second-order valence-electron chi connectivity index (χ2n) is 8.80. The van der Waals surface area contributed by atoms with Gasteiger partial charge >= 0.3 is 0 Å². The summed E-state index contributed by atoms with van der Waals surface area (Å²) in [5, 5.41) is 7.22. The summed E-state index contributed by atoms with van der Waals surface area (Å²) in [5.74, 6) is 1.49. The Kier molecular flexibility index (Phi) is 6.88. The summed E-state index contributed by atoms with van der Waals surface area (Å²) in [5.41, 5.74) is 4.97. The number of ether oxygens (including phenoxy) is 1. The topological polar surface area (TPSA) is 71.1 Å². The predicted molar refractivity (Wildman–Crippen MR) is 125 cm³/mol. The van der Waals surface area contributed by atoms with Crippen molar-refractivity contribution in [2.24, 2.45) is 0 Å². The van der Waals surface area contributed by atoms with Crippen LogP contribution in [0.15, 0.2) is 48.7 Å². The first kappa shape index (κ1) is 22.1. The van der Waals surface area contributed by atoms with Crippen LogP contribution in [0.1, 0.15) is 78.5 Å². The number of amides is 1. The number of hydrogen-bond donors (Lipinski definition) is 1. The minimum absolute atomic E-state index is 0.00460. The van der Waals surface area contributed by atoms with Crippen LogP contribution in [0.2, 0.25) is 0 Å². The van der Waals surface area contributed by atoms with Crippen LogP contribution in [0.25, 0.3) is 0 Å². The lowest BCUT2D eigenvalue weighted by molar-refractivity contribution is 0.0700. The zero-order valence-electron chi connectivity index (χ0n) is 19.2. The summed E-state index contributed by atoms with van der Waals surface area (Å²) in [7, 11) is 0. The summed E-state index contributed by atoms with van der Waals surface area (Å²) >= 11 is 0. The minimum atomic E-state index is 0.00460. The molecule has 168 valence electrons. The predicted octanol–water partition coefficient (Wildman–Crippen LogP) is 4.94. The van der Waals surface area contributed by atoms with E-state index < -0.39 is 0 Å². The Morgan fingerprint density at radius 3 is 2.62 bits per heavy atom. The van der Waals surface area contributed by atoms with Crippen molar-refractivity contribution in [3.05, 3.63) is 76.9 Å². The molecule has 1 aromatic carbocycles. The molecule has 1 atom stereocenters. The molecule has 1 aliphatic rings. The van der Waals surface area contributed by atoms with Gasteiger partial charge in [0.25, 0.3) is 5.91 Å². The van der Waals surface area contributed by atoms with Gasteiger partial charge in [0.15, 0.2) is 0 Å². The van der Waals surface area contributed by atoms with Crippen molar-refractivity contribution in [3.8, 4) is 5.75 Å². The summed E-state index contributed by atoms with van der Waals surface area (Å²) < 4.78 is 5.51. The fourth-order valence-corrected chi connectivity index (χ4v) is 4.19. The highest BCUT2D eigenvalue weighted by molar-refractivity contribution is 5.92. The molecule has 6 heteroatoms. The number of carbonyl (C=O) groups excluding carboxylic acids is 1. The second-order valence-corrected chi connectivity index (χ2v) is 8.80. The van der Waals surface area contributed by atoms with Crippen molar-refractivity contribution in [1.82, 2.24) is 20.1 Å². The van der Waals surface area contributed by atoms with Crippen LogP contribution in [0.5, 0.6) is 5.75 Å². The van der Waals surface area contributed by atoms with Crippen molar-refractivity contribution < 1.29 is 9.53 Å². The summed E-state index contributed by atoms with van der Waals surface area (Å²) in [6, 6.07) is 14.4. The highest BCUT2D eigenvalue weighted by atomic mass is 16.5. The standard InChI is InChI=1S/C26H32N4O2/c1-4-32-22-10-7-19(8-11-22)14-20-9-12-23(27-16-20)21-6-5-13-30(17-21)26(31)25-15-24(18(2)3)28-29-25/h7-12,15-16,18,21H,4-6,13-14,17H2,1-3H3,(H,28,29). The Labute approximate surface area is 190 Å². The van der Waals surface area contributed by atoms with Gasteiger partial charge in [-0.2, -0.15) is 5.10 Å². The quantitative estimate of drug-likeness (QED) is 0.574. The van der Waals surface area contributed by atoms with Crippen molar-refractivity contribution in [1.29, 1.82) is 0 Å². The summed E-state index contributed by atoms with van der Waals surface area (Å²) in [6.45, 7) is 8.30. The van der Waals surface area contributed by atoms with E-state index >= 15 is 0 Å². The van der Waals surface area contributed by atoms with Gasteiger partial charge in [0.1, 0.15) is 11.4 Å². The second kappa shape index (κ2) is 9.98. The zero-order chi connectivity index (χ0) is 22.5. The zero-order valence-corrected chi connectivity index (χ0v) is 19.2. The molecule has 4 rings (SSSR count). The first-order valence-electron chi connectivity index (χ1n) is 11.5. The number of pyridine rings is 1. The molecule has 1 saturated heterocycles. The maximum absolute atomic E-state index is 12.9. The van der Waals surface area contributed by atoms with Gasteiger partial charge in [-0.3, -0.25) is 14.9 Å². The smallest absolute Gasteiger partial charge is 0.274 e. The third-order valence-corrected chi connectivity index (χ3v) is 6.06. The van der Waals surface area contributed by atoms with E-state index in [9.17, 15) is 4.79 Å². The number of aromatic nitrogens is 3. The fourth-order valence-electron chi connectivity index (χ4n) is 4.19. The van der Waals surface area contributed by atoms with E-state index in [-0.39, 0.29) is 11.8 Å². The molecule has 6 nitrogen and oxygen atoms in total. The number of likely N-dealkylation sites (tertiary alicyclic amines) is 1. The average molecular weight is 433 g/mol. The van der Waals surface area contributed by atoms with Crippen molar-refractivity contribution in [2.45, 2.75) is 51.9 Å². The van der Waals surface area contributed by atoms with Gasteiger partial charge < -0.3 is 9.64 Å². The van der Waals surface area contributed by atoms with Gasteiger partial charge in [-0.25, -0.2) is 0 Å². The van der Waals surface area contributed by atoms with Crippen molar-refractivity contribution in [3.63, 3.8) is 0 Å². The van der Waals surface area contributed by atoms with E-state index in [1.807, 2.05) is 36.2 Å². The number of rotatable bonds is 7. The number of carbonyl (C=O) groups is 1. The molecule has 3 heterocycles. The van der Waals surface area contributed by atoms with E-state index in [1.54, 1.807) is 0 Å². The SMILES string of the molecule is CCOc1ccc(Cc2ccc(C3CCCN(C(=O)c4cc(C(C)C)[nH]n4)C3)nc2)cc1. The lowest BCUT2D eigenvalue weighted by atomic mass is 9.93. The average Bonchev–Trinajstić information content (AvgIpc) is 3.31. The molecule has 1 aliphatic heterocycles. The van der Waals surface area contributed by atoms with E-state index in [1.165, 1.54) is 11.1 Å². The molecule has 0 aliphatic carbocycles. The number of piperidine rings is 1. The van der Waals surface area contributed by atoms with Crippen LogP contribution in [0, 0.1) is 0 Å². The summed E-state index contributed by atoms with van der Waals surface area (Å²) in [6.07, 6.45) is 4.84. The molecule has 0 radical (unpaired) electrons. The Morgan fingerprint density at radius 1 is 1.19 bits per heavy atom. The van der Waals surface area contributed by atoms with Crippen LogP contribution < -0.4 is 4.74 Å².